The Bertz CT molecular complexity index is 69.5. The van der Waals surface area contributed by atoms with Crippen LogP contribution in [0.4, 0.5) is 0 Å². The minimum Gasteiger partial charge on any atom is -0.421 e. The van der Waals surface area contributed by atoms with E-state index >= 15 is 0 Å². The summed E-state index contributed by atoms with van der Waals surface area (Å²) in [7, 11) is 1.06. The molecule has 0 aromatic heterocycles. The number of rotatable bonds is 0. The van der Waals surface area contributed by atoms with Crippen molar-refractivity contribution >= 4 is 20.3 Å². The van der Waals surface area contributed by atoms with Crippen LogP contribution in [0, 0.1) is 4.61 Å². The number of hydrogen-bond donors (Lipinski definition) is 0. The topological polar surface area (TPSA) is 23.8 Å². The van der Waals surface area contributed by atoms with E-state index in [4.69, 9.17) is 4.61 Å². The predicted molar refractivity (Wildman–Crippen MR) is 28.5 cm³/mol. The van der Waals surface area contributed by atoms with E-state index in [2.05, 4.69) is 0 Å². The van der Waals surface area contributed by atoms with Gasteiger partial charge < -0.3 is 4.61 Å². The van der Waals surface area contributed by atoms with Gasteiger partial charge in [-0.1, -0.05) is 0 Å². The molecule has 0 rings (SSSR count). The van der Waals surface area contributed by atoms with E-state index in [1.165, 1.54) is 10.8 Å². The van der Waals surface area contributed by atoms with E-state index in [-0.39, 0.29) is 0 Å². The van der Waals surface area contributed by atoms with Crippen molar-refractivity contribution in [3.8, 4) is 0 Å². The smallest absolute Gasteiger partial charge is 0.0379 e. The van der Waals surface area contributed by atoms with Crippen molar-refractivity contribution in [1.82, 2.24) is 0 Å². The summed E-state index contributed by atoms with van der Waals surface area (Å²) in [6, 6.07) is 0. The largest absolute Gasteiger partial charge is 0.421 e. The highest BCUT2D eigenvalue weighted by Gasteiger charge is 1.47. The van der Waals surface area contributed by atoms with Gasteiger partial charge in [0.15, 0.2) is 0 Å². The molecule has 1 nitrogen and oxygen atoms in total. The average Bonchev–Trinajstić information content (AvgIpc) is 1.38. The number of hydrogen-bond acceptors (Lipinski definition) is 3. The molecule has 0 spiro atoms. The molecule has 0 N–H and O–H groups in total. The fraction of sp³-hybridized carbons (Fsp3) is 1.00. The van der Waals surface area contributed by atoms with Crippen LogP contribution in [0.5, 0.6) is 0 Å². The molecule has 0 fully saturated rings. The molecule has 0 saturated carbocycles. The molecule has 0 saturated heterocycles. The second-order valence-corrected chi connectivity index (χ2v) is 4.22. The molecule has 0 unspecified atom stereocenters. The van der Waals surface area contributed by atoms with Crippen LogP contribution in [0.1, 0.15) is 0 Å². The van der Waals surface area contributed by atoms with Gasteiger partial charge in [0.2, 0.25) is 0 Å². The first-order valence-electron chi connectivity index (χ1n) is 1.17. The summed E-state index contributed by atoms with van der Waals surface area (Å²) in [5.41, 5.74) is 0. The van der Waals surface area contributed by atoms with Gasteiger partial charge in [0.05, 0.1) is 0 Å². The Kier molecular flexibility index (Phi) is 2.85. The van der Waals surface area contributed by atoms with Crippen LogP contribution in [0.25, 0.3) is 0 Å². The summed E-state index contributed by atoms with van der Waals surface area (Å²) in [6.45, 7) is 0. The van der Waals surface area contributed by atoms with Crippen molar-refractivity contribution in [1.29, 1.82) is 4.61 Å². The highest BCUT2D eigenvalue weighted by molar-refractivity contribution is 8.68. The van der Waals surface area contributed by atoms with Crippen LogP contribution in [0.3, 0.4) is 0 Å². The first-order chi connectivity index (χ1) is 2.27. The summed E-state index contributed by atoms with van der Waals surface area (Å²) >= 11 is 0. The Hall–Kier alpha value is 0.410. The van der Waals surface area contributed by atoms with Gasteiger partial charge in [0.25, 0.3) is 0 Å². The molecule has 0 aliphatic rings. The number of nitrogens with zero attached hydrogens (tertiary/aromatic N) is 1. The van der Waals surface area contributed by atoms with Gasteiger partial charge in [-0.25, -0.2) is 0 Å². The van der Waals surface area contributed by atoms with Crippen LogP contribution in [0.2, 0.25) is 0 Å². The zero-order valence-corrected chi connectivity index (χ0v) is 4.90. The lowest BCUT2D eigenvalue weighted by molar-refractivity contribution is 1.65. The Labute approximate surface area is 38.1 Å². The molecule has 0 aliphatic carbocycles. The molecule has 0 aromatic carbocycles. The monoisotopic (exact) mass is 108 g/mol. The normalized spacial score (nSPS) is 9.20. The van der Waals surface area contributed by atoms with Gasteiger partial charge in [-0.05, 0) is 6.26 Å². The lowest BCUT2D eigenvalue weighted by atomic mass is 12.0. The van der Waals surface area contributed by atoms with Crippen LogP contribution >= 0.6 is 10.8 Å². The predicted octanol–water partition coefficient (Wildman–Crippen LogP) is 0.992. The first-order valence-corrected chi connectivity index (χ1v) is 4.50. The highest BCUT2D eigenvalue weighted by Crippen LogP contribution is 1.91. The minimum absolute atomic E-state index is 0.406. The lowest BCUT2D eigenvalue weighted by Crippen LogP contribution is -1.59. The van der Waals surface area contributed by atoms with E-state index in [1.54, 1.807) is 6.26 Å². The molecule has 0 radical (unpaired) electrons. The van der Waals surface area contributed by atoms with Crippen molar-refractivity contribution in [2.45, 2.75) is 0 Å². The fourth-order valence-corrected chi connectivity index (χ4v) is 0. The second kappa shape index (κ2) is 2.64. The van der Waals surface area contributed by atoms with E-state index in [0.717, 1.165) is 0 Å². The Morgan fingerprint density at radius 1 is 1.80 bits per heavy atom. The average molecular weight is 108 g/mol. The fourth-order valence-electron chi connectivity index (χ4n) is 0. The lowest BCUT2D eigenvalue weighted by Gasteiger charge is -1.92. The van der Waals surface area contributed by atoms with E-state index < -0.39 is 9.56 Å². The van der Waals surface area contributed by atoms with Crippen LogP contribution < -0.4 is 0 Å². The van der Waals surface area contributed by atoms with Crippen molar-refractivity contribution in [2.24, 2.45) is 0 Å². The van der Waals surface area contributed by atoms with E-state index in [1.807, 2.05) is 6.26 Å². The third-order valence-corrected chi connectivity index (χ3v) is 2.17. The molecule has 0 aliphatic heterocycles. The van der Waals surface area contributed by atoms with Gasteiger partial charge in [-0.2, -0.15) is 0 Å². The first kappa shape index (κ1) is 5.41. The highest BCUT2D eigenvalue weighted by atomic mass is 33.1. The zero-order valence-electron chi connectivity index (χ0n) is 3.26. The molecular weight excluding hydrogens is 102 g/mol. The standard InChI is InChI=1S/C2H6NS2/c1-4-5(2)3/h1-2H3/q-1. The molecule has 0 amide bonds. The summed E-state index contributed by atoms with van der Waals surface area (Å²) in [6.07, 6.45) is 3.65. The maximum atomic E-state index is 8.35. The zero-order chi connectivity index (χ0) is 4.28. The molecule has 0 bridgehead atoms. The summed E-state index contributed by atoms with van der Waals surface area (Å²) < 4.78 is 8.35. The quantitative estimate of drug-likeness (QED) is 0.341. The van der Waals surface area contributed by atoms with Crippen molar-refractivity contribution < 1.29 is 0 Å². The van der Waals surface area contributed by atoms with Gasteiger partial charge in [-0.3, -0.25) is 20.3 Å². The SMILES string of the molecule is CS[S-](C)#N. The van der Waals surface area contributed by atoms with Crippen LogP contribution in [-0.4, -0.2) is 12.5 Å². The molecule has 0 atom stereocenters. The van der Waals surface area contributed by atoms with E-state index in [9.17, 15) is 0 Å². The molecule has 0 aromatic rings. The Balaban J connectivity index is 2.97. The van der Waals surface area contributed by atoms with Crippen molar-refractivity contribution in [2.75, 3.05) is 12.5 Å². The second-order valence-electron chi connectivity index (χ2n) is 0.590. The third kappa shape index (κ3) is 4.41. The third-order valence-electron chi connectivity index (χ3n) is 0.241. The van der Waals surface area contributed by atoms with Crippen molar-refractivity contribution in [3.63, 3.8) is 0 Å². The van der Waals surface area contributed by atoms with Gasteiger partial charge in [-0.15, -0.1) is 6.26 Å². The van der Waals surface area contributed by atoms with Crippen molar-refractivity contribution in [3.05, 3.63) is 0 Å². The molecular formula is C2H6NS2-. The summed E-state index contributed by atoms with van der Waals surface area (Å²) in [5, 5.41) is 0. The summed E-state index contributed by atoms with van der Waals surface area (Å²) in [4.78, 5) is 0. The molecule has 32 valence electrons. The maximum absolute atomic E-state index is 8.35. The maximum Gasteiger partial charge on any atom is -0.0379 e. The minimum atomic E-state index is -0.406. The van der Waals surface area contributed by atoms with Crippen LogP contribution in [-0.2, 0) is 9.56 Å². The van der Waals surface area contributed by atoms with Crippen LogP contribution in [0.15, 0.2) is 0 Å². The Morgan fingerprint density at radius 2 is 2.00 bits per heavy atom. The molecule has 3 heteroatoms. The van der Waals surface area contributed by atoms with Gasteiger partial charge in [0, 0.05) is 0 Å². The summed E-state index contributed by atoms with van der Waals surface area (Å²) in [5.74, 6) is 0. The van der Waals surface area contributed by atoms with Gasteiger partial charge >= 0.3 is 0 Å². The van der Waals surface area contributed by atoms with E-state index in [0.29, 0.717) is 0 Å². The van der Waals surface area contributed by atoms with Gasteiger partial charge in [0.1, 0.15) is 0 Å². The molecule has 5 heavy (non-hydrogen) atoms. The molecule has 0 heterocycles. The Morgan fingerprint density at radius 3 is 2.00 bits per heavy atom.